The molecule has 2 rings (SSSR count). The Labute approximate surface area is 136 Å². The first-order chi connectivity index (χ1) is 11.4. The van der Waals surface area contributed by atoms with Crippen molar-refractivity contribution in [2.24, 2.45) is 0 Å². The number of imide groups is 2. The van der Waals surface area contributed by atoms with Crippen LogP contribution in [0.15, 0.2) is 12.2 Å². The van der Waals surface area contributed by atoms with Crippen LogP contribution in [0.2, 0.25) is 0 Å². The van der Waals surface area contributed by atoms with Crippen LogP contribution in [0.4, 0.5) is 0 Å². The first-order valence-electron chi connectivity index (χ1n) is 7.25. The van der Waals surface area contributed by atoms with Crippen LogP contribution in [0.3, 0.4) is 0 Å². The predicted octanol–water partition coefficient (Wildman–Crippen LogP) is -1.58. The summed E-state index contributed by atoms with van der Waals surface area (Å²) < 4.78 is 0. The van der Waals surface area contributed by atoms with Gasteiger partial charge >= 0.3 is 5.97 Å². The molecule has 2 aliphatic heterocycles. The van der Waals surface area contributed by atoms with Gasteiger partial charge < -0.3 is 10.2 Å². The molecule has 1 N–H and O–H groups in total. The maximum atomic E-state index is 11.6. The Hall–Kier alpha value is -3.04. The molecule has 0 saturated carbocycles. The zero-order chi connectivity index (χ0) is 17.7. The molecule has 10 heteroatoms. The van der Waals surface area contributed by atoms with E-state index in [-0.39, 0.29) is 38.8 Å². The minimum atomic E-state index is -0.826. The van der Waals surface area contributed by atoms with E-state index in [4.69, 9.17) is 0 Å². The van der Waals surface area contributed by atoms with Crippen molar-refractivity contribution in [2.45, 2.75) is 25.7 Å². The maximum absolute atomic E-state index is 11.6. The summed E-state index contributed by atoms with van der Waals surface area (Å²) in [6, 6.07) is 0. The minimum Gasteiger partial charge on any atom is -0.355 e. The zero-order valence-corrected chi connectivity index (χ0v) is 12.6. The third-order valence-corrected chi connectivity index (χ3v) is 3.31. The third kappa shape index (κ3) is 4.24. The van der Waals surface area contributed by atoms with Crippen LogP contribution in [-0.2, 0) is 33.6 Å². The number of nitrogens with one attached hydrogen (secondary N) is 1. The fraction of sp³-hybridized carbons (Fsp3) is 0.429. The molecule has 2 heterocycles. The van der Waals surface area contributed by atoms with Gasteiger partial charge in [-0.3, -0.25) is 28.9 Å². The quantitative estimate of drug-likeness (QED) is 0.554. The van der Waals surface area contributed by atoms with Crippen molar-refractivity contribution < 1.29 is 33.6 Å². The van der Waals surface area contributed by atoms with E-state index in [2.05, 4.69) is 10.2 Å². The fourth-order valence-corrected chi connectivity index (χ4v) is 2.06. The Morgan fingerprint density at radius 2 is 1.58 bits per heavy atom. The van der Waals surface area contributed by atoms with Gasteiger partial charge in [-0.05, 0) is 0 Å². The van der Waals surface area contributed by atoms with Gasteiger partial charge in [0.15, 0.2) is 0 Å². The molecule has 1 saturated heterocycles. The van der Waals surface area contributed by atoms with Crippen LogP contribution in [0.25, 0.3) is 0 Å². The molecular weight excluding hydrogens is 322 g/mol. The zero-order valence-electron chi connectivity index (χ0n) is 12.6. The molecule has 0 aromatic rings. The van der Waals surface area contributed by atoms with Gasteiger partial charge in [0, 0.05) is 44.5 Å². The number of hydroxylamine groups is 2. The highest BCUT2D eigenvalue weighted by atomic mass is 16.7. The van der Waals surface area contributed by atoms with E-state index < -0.39 is 35.5 Å². The standard InChI is InChI=1S/C14H15N3O7/c18-9(6-8-16-10(19)1-2-11(16)20)15-7-5-14(23)24-17-12(21)3-4-13(17)22/h1-2H,3-8H2,(H,15,18). The number of hydrogen-bond donors (Lipinski definition) is 1. The highest BCUT2D eigenvalue weighted by Gasteiger charge is 2.32. The van der Waals surface area contributed by atoms with Crippen LogP contribution < -0.4 is 5.32 Å². The number of carbonyl (C=O) groups is 6. The van der Waals surface area contributed by atoms with Crippen molar-refractivity contribution in [1.29, 1.82) is 0 Å². The van der Waals surface area contributed by atoms with Crippen LogP contribution in [0.5, 0.6) is 0 Å². The topological polar surface area (TPSA) is 130 Å². The first-order valence-corrected chi connectivity index (χ1v) is 7.25. The van der Waals surface area contributed by atoms with Gasteiger partial charge in [-0.2, -0.15) is 0 Å². The van der Waals surface area contributed by atoms with E-state index in [1.165, 1.54) is 0 Å². The Morgan fingerprint density at radius 1 is 1.00 bits per heavy atom. The Kier molecular flexibility index (Phi) is 5.40. The van der Waals surface area contributed by atoms with Gasteiger partial charge in [0.2, 0.25) is 5.91 Å². The van der Waals surface area contributed by atoms with Crippen molar-refractivity contribution in [3.05, 3.63) is 12.2 Å². The first kappa shape index (κ1) is 17.3. The fourth-order valence-electron chi connectivity index (χ4n) is 2.06. The lowest BCUT2D eigenvalue weighted by atomic mass is 10.3. The Balaban J connectivity index is 1.63. The van der Waals surface area contributed by atoms with Gasteiger partial charge in [-0.1, -0.05) is 0 Å². The number of amides is 5. The van der Waals surface area contributed by atoms with Gasteiger partial charge in [-0.15, -0.1) is 5.06 Å². The SMILES string of the molecule is O=C(CCN1C(=O)C=CC1=O)NCCC(=O)ON1C(=O)CCC1=O. The molecule has 0 spiro atoms. The van der Waals surface area contributed by atoms with E-state index in [1.807, 2.05) is 0 Å². The molecule has 1 fully saturated rings. The summed E-state index contributed by atoms with van der Waals surface area (Å²) in [5, 5.41) is 2.85. The van der Waals surface area contributed by atoms with Gasteiger partial charge in [0.1, 0.15) is 0 Å². The van der Waals surface area contributed by atoms with Crippen LogP contribution in [0.1, 0.15) is 25.7 Å². The average Bonchev–Trinajstić information content (AvgIpc) is 3.01. The van der Waals surface area contributed by atoms with E-state index in [9.17, 15) is 28.8 Å². The average molecular weight is 337 g/mol. The molecule has 24 heavy (non-hydrogen) atoms. The van der Waals surface area contributed by atoms with Crippen molar-refractivity contribution in [1.82, 2.24) is 15.3 Å². The summed E-state index contributed by atoms with van der Waals surface area (Å²) in [5.74, 6) is -3.39. The molecule has 0 aromatic carbocycles. The second kappa shape index (κ2) is 7.49. The summed E-state index contributed by atoms with van der Waals surface area (Å²) >= 11 is 0. The predicted molar refractivity (Wildman–Crippen MR) is 75.3 cm³/mol. The molecule has 0 bridgehead atoms. The third-order valence-electron chi connectivity index (χ3n) is 3.31. The summed E-state index contributed by atoms with van der Waals surface area (Å²) in [7, 11) is 0. The molecule has 2 aliphatic rings. The second-order valence-corrected chi connectivity index (χ2v) is 5.06. The molecule has 0 aliphatic carbocycles. The normalized spacial score (nSPS) is 17.0. The molecule has 0 aromatic heterocycles. The molecule has 0 atom stereocenters. The number of carbonyl (C=O) groups excluding carboxylic acids is 6. The van der Waals surface area contributed by atoms with Gasteiger partial charge in [0.05, 0.1) is 6.42 Å². The van der Waals surface area contributed by atoms with Crippen molar-refractivity contribution >= 4 is 35.5 Å². The van der Waals surface area contributed by atoms with Crippen LogP contribution in [0, 0.1) is 0 Å². The summed E-state index contributed by atoms with van der Waals surface area (Å²) in [6.45, 7) is -0.119. The van der Waals surface area contributed by atoms with Crippen molar-refractivity contribution in [2.75, 3.05) is 13.1 Å². The molecule has 128 valence electrons. The van der Waals surface area contributed by atoms with E-state index in [0.29, 0.717) is 5.06 Å². The monoisotopic (exact) mass is 337 g/mol. The number of hydrogen-bond acceptors (Lipinski definition) is 7. The van der Waals surface area contributed by atoms with Crippen LogP contribution >= 0.6 is 0 Å². The van der Waals surface area contributed by atoms with Gasteiger partial charge in [0.25, 0.3) is 23.6 Å². The molecule has 5 amide bonds. The smallest absolute Gasteiger partial charge is 0.334 e. The highest BCUT2D eigenvalue weighted by Crippen LogP contribution is 2.12. The summed E-state index contributed by atoms with van der Waals surface area (Å²) in [5.41, 5.74) is 0. The van der Waals surface area contributed by atoms with Crippen molar-refractivity contribution in [3.63, 3.8) is 0 Å². The summed E-state index contributed by atoms with van der Waals surface area (Å²) in [6.07, 6.45) is 1.93. The van der Waals surface area contributed by atoms with Crippen LogP contribution in [-0.4, -0.2) is 58.6 Å². The maximum Gasteiger partial charge on any atom is 0.334 e. The Morgan fingerprint density at radius 3 is 2.17 bits per heavy atom. The number of rotatable bonds is 7. The molecule has 0 unspecified atom stereocenters. The molecule has 10 nitrogen and oxygen atoms in total. The molecular formula is C14H15N3O7. The number of nitrogens with zero attached hydrogens (tertiary/aromatic N) is 2. The lowest BCUT2D eigenvalue weighted by Crippen LogP contribution is -2.36. The minimum absolute atomic E-state index is 0.00560. The lowest BCUT2D eigenvalue weighted by molar-refractivity contribution is -0.197. The van der Waals surface area contributed by atoms with E-state index >= 15 is 0 Å². The lowest BCUT2D eigenvalue weighted by Gasteiger charge is -2.14. The van der Waals surface area contributed by atoms with Crippen molar-refractivity contribution in [3.8, 4) is 0 Å². The highest BCUT2D eigenvalue weighted by molar-refractivity contribution is 6.13. The van der Waals surface area contributed by atoms with E-state index in [1.54, 1.807) is 0 Å². The summed E-state index contributed by atoms with van der Waals surface area (Å²) in [4.78, 5) is 73.7. The van der Waals surface area contributed by atoms with Gasteiger partial charge in [-0.25, -0.2) is 4.79 Å². The largest absolute Gasteiger partial charge is 0.355 e. The second-order valence-electron chi connectivity index (χ2n) is 5.06. The molecule has 0 radical (unpaired) electrons. The van der Waals surface area contributed by atoms with E-state index in [0.717, 1.165) is 17.1 Å². The Bertz CT molecular complexity index is 606.